The molecule has 1 atom stereocenters. The minimum Gasteiger partial charge on any atom is -0.483 e. The lowest BCUT2D eigenvalue weighted by Gasteiger charge is -2.13. The maximum Gasteiger partial charge on any atom is 0.264 e. The number of benzene rings is 1. The number of aromatic nitrogens is 2. The zero-order valence-corrected chi connectivity index (χ0v) is 12.7. The molecule has 0 aliphatic heterocycles. The van der Waals surface area contributed by atoms with Crippen LogP contribution in [0.15, 0.2) is 28.8 Å². The summed E-state index contributed by atoms with van der Waals surface area (Å²) >= 11 is 0. The van der Waals surface area contributed by atoms with E-state index in [1.54, 1.807) is 0 Å². The maximum atomic E-state index is 6.02. The highest BCUT2D eigenvalue weighted by atomic mass is 16.5. The average molecular weight is 289 g/mol. The average Bonchev–Trinajstić information content (AvgIpc) is 2.94. The Labute approximate surface area is 125 Å². The Balaban J connectivity index is 1.98. The van der Waals surface area contributed by atoms with Crippen LogP contribution in [0.25, 0.3) is 0 Å². The molecule has 0 aliphatic carbocycles. The van der Waals surface area contributed by atoms with Gasteiger partial charge in [-0.05, 0) is 30.9 Å². The molecule has 114 valence electrons. The maximum absolute atomic E-state index is 6.02. The summed E-state index contributed by atoms with van der Waals surface area (Å²) in [6.45, 7) is 4.46. The Morgan fingerprint density at radius 1 is 1.29 bits per heavy atom. The van der Waals surface area contributed by atoms with E-state index in [0.717, 1.165) is 42.8 Å². The lowest BCUT2D eigenvalue weighted by atomic mass is 10.0. The molecule has 5 nitrogen and oxygen atoms in total. The molecular weight excluding hydrogens is 266 g/mol. The van der Waals surface area contributed by atoms with Crippen LogP contribution in [0.4, 0.5) is 0 Å². The molecule has 2 N–H and O–H groups in total. The fourth-order valence-electron chi connectivity index (χ4n) is 2.05. The first-order valence-electron chi connectivity index (χ1n) is 7.50. The first-order valence-corrected chi connectivity index (χ1v) is 7.50. The third kappa shape index (κ3) is 4.56. The number of hydrogen-bond acceptors (Lipinski definition) is 5. The van der Waals surface area contributed by atoms with Gasteiger partial charge in [0.25, 0.3) is 5.89 Å². The van der Waals surface area contributed by atoms with Crippen LogP contribution in [0, 0.1) is 0 Å². The van der Waals surface area contributed by atoms with Crippen molar-refractivity contribution < 1.29 is 9.26 Å². The summed E-state index contributed by atoms with van der Waals surface area (Å²) in [6.07, 6.45) is 3.57. The number of nitrogens with zero attached hydrogens (tertiary/aromatic N) is 2. The van der Waals surface area contributed by atoms with E-state index in [1.807, 2.05) is 24.3 Å². The van der Waals surface area contributed by atoms with Crippen LogP contribution in [0.1, 0.15) is 44.0 Å². The molecule has 0 saturated carbocycles. The number of aryl methyl sites for hydroxylation is 1. The Kier molecular flexibility index (Phi) is 5.75. The zero-order valence-electron chi connectivity index (χ0n) is 12.7. The summed E-state index contributed by atoms with van der Waals surface area (Å²) in [6, 6.07) is 8.08. The SMILES string of the molecule is CCCc1noc(COc2ccccc2CC(N)CC)n1. The van der Waals surface area contributed by atoms with Gasteiger partial charge in [-0.2, -0.15) is 4.98 Å². The van der Waals surface area contributed by atoms with Crippen LogP contribution >= 0.6 is 0 Å². The molecule has 1 aromatic carbocycles. The molecule has 1 heterocycles. The smallest absolute Gasteiger partial charge is 0.264 e. The van der Waals surface area contributed by atoms with Gasteiger partial charge in [0.1, 0.15) is 5.75 Å². The van der Waals surface area contributed by atoms with E-state index in [-0.39, 0.29) is 12.6 Å². The van der Waals surface area contributed by atoms with Gasteiger partial charge >= 0.3 is 0 Å². The van der Waals surface area contributed by atoms with E-state index in [9.17, 15) is 0 Å². The summed E-state index contributed by atoms with van der Waals surface area (Å²) in [5.74, 6) is 2.07. The van der Waals surface area contributed by atoms with Gasteiger partial charge in [-0.1, -0.05) is 37.2 Å². The molecule has 5 heteroatoms. The van der Waals surface area contributed by atoms with Crippen LogP contribution in [0.3, 0.4) is 0 Å². The van der Waals surface area contributed by atoms with Crippen molar-refractivity contribution in [2.75, 3.05) is 0 Å². The molecule has 0 aliphatic rings. The van der Waals surface area contributed by atoms with Crippen LogP contribution in [0.2, 0.25) is 0 Å². The van der Waals surface area contributed by atoms with Gasteiger partial charge in [0.2, 0.25) is 0 Å². The van der Waals surface area contributed by atoms with Gasteiger partial charge < -0.3 is 15.0 Å². The minimum atomic E-state index is 0.148. The third-order valence-corrected chi connectivity index (χ3v) is 3.31. The van der Waals surface area contributed by atoms with Crippen molar-refractivity contribution in [1.29, 1.82) is 0 Å². The van der Waals surface area contributed by atoms with Crippen LogP contribution in [0.5, 0.6) is 5.75 Å². The zero-order chi connectivity index (χ0) is 15.1. The lowest BCUT2D eigenvalue weighted by Crippen LogP contribution is -2.21. The normalized spacial score (nSPS) is 12.3. The van der Waals surface area contributed by atoms with E-state index in [0.29, 0.717) is 5.89 Å². The van der Waals surface area contributed by atoms with E-state index < -0.39 is 0 Å². The molecule has 2 aromatic rings. The van der Waals surface area contributed by atoms with E-state index in [2.05, 4.69) is 24.0 Å². The van der Waals surface area contributed by atoms with Gasteiger partial charge in [0.15, 0.2) is 12.4 Å². The van der Waals surface area contributed by atoms with Crippen molar-refractivity contribution in [3.63, 3.8) is 0 Å². The number of ether oxygens (including phenoxy) is 1. The van der Waals surface area contributed by atoms with Crippen molar-refractivity contribution >= 4 is 0 Å². The summed E-state index contributed by atoms with van der Waals surface area (Å²) in [5, 5.41) is 3.92. The second-order valence-corrected chi connectivity index (χ2v) is 5.12. The summed E-state index contributed by atoms with van der Waals surface area (Å²) < 4.78 is 11.0. The van der Waals surface area contributed by atoms with Crippen LogP contribution in [-0.2, 0) is 19.4 Å². The molecule has 1 unspecified atom stereocenters. The van der Waals surface area contributed by atoms with Crippen molar-refractivity contribution in [3.8, 4) is 5.75 Å². The predicted octanol–water partition coefficient (Wildman–Crippen LogP) is 2.88. The molecule has 0 amide bonds. The summed E-state index contributed by atoms with van der Waals surface area (Å²) in [5.41, 5.74) is 7.13. The largest absolute Gasteiger partial charge is 0.483 e. The molecule has 0 spiro atoms. The highest BCUT2D eigenvalue weighted by Gasteiger charge is 2.10. The monoisotopic (exact) mass is 289 g/mol. The van der Waals surface area contributed by atoms with Gasteiger partial charge in [-0.15, -0.1) is 0 Å². The molecule has 0 saturated heterocycles. The molecular formula is C16H23N3O2. The first-order chi connectivity index (χ1) is 10.2. The molecule has 21 heavy (non-hydrogen) atoms. The predicted molar refractivity (Wildman–Crippen MR) is 81.0 cm³/mol. The quantitative estimate of drug-likeness (QED) is 0.808. The molecule has 1 aromatic heterocycles. The van der Waals surface area contributed by atoms with Crippen molar-refractivity contribution in [2.24, 2.45) is 5.73 Å². The number of para-hydroxylation sites is 1. The van der Waals surface area contributed by atoms with Crippen LogP contribution in [-0.4, -0.2) is 16.2 Å². The van der Waals surface area contributed by atoms with Crippen molar-refractivity contribution in [1.82, 2.24) is 10.1 Å². The summed E-state index contributed by atoms with van der Waals surface area (Å²) in [4.78, 5) is 4.29. The highest BCUT2D eigenvalue weighted by Crippen LogP contribution is 2.21. The van der Waals surface area contributed by atoms with E-state index in [4.69, 9.17) is 15.0 Å². The number of hydrogen-bond donors (Lipinski definition) is 1. The topological polar surface area (TPSA) is 74.2 Å². The van der Waals surface area contributed by atoms with Crippen LogP contribution < -0.4 is 10.5 Å². The number of rotatable bonds is 8. The van der Waals surface area contributed by atoms with Crippen molar-refractivity contribution in [2.45, 2.75) is 52.2 Å². The van der Waals surface area contributed by atoms with Gasteiger partial charge in [0.05, 0.1) is 0 Å². The van der Waals surface area contributed by atoms with E-state index >= 15 is 0 Å². The fourth-order valence-corrected chi connectivity index (χ4v) is 2.05. The molecule has 0 fully saturated rings. The van der Waals surface area contributed by atoms with Crippen molar-refractivity contribution in [3.05, 3.63) is 41.5 Å². The first kappa shape index (κ1) is 15.5. The molecule has 2 rings (SSSR count). The van der Waals surface area contributed by atoms with Gasteiger partial charge in [-0.25, -0.2) is 0 Å². The fraction of sp³-hybridized carbons (Fsp3) is 0.500. The Hall–Kier alpha value is -1.88. The molecule has 0 radical (unpaired) electrons. The van der Waals surface area contributed by atoms with Gasteiger partial charge in [0, 0.05) is 12.5 Å². The Bertz CT molecular complexity index is 554. The molecule has 0 bridgehead atoms. The van der Waals surface area contributed by atoms with E-state index in [1.165, 1.54) is 0 Å². The summed E-state index contributed by atoms with van der Waals surface area (Å²) in [7, 11) is 0. The standard InChI is InChI=1S/C16H23N3O2/c1-3-7-15-18-16(21-19-15)11-20-14-9-6-5-8-12(14)10-13(17)4-2/h5-6,8-9,13H,3-4,7,10-11,17H2,1-2H3. The number of nitrogens with two attached hydrogens (primary N) is 1. The minimum absolute atomic E-state index is 0.148. The van der Waals surface area contributed by atoms with Gasteiger partial charge in [-0.3, -0.25) is 0 Å². The lowest BCUT2D eigenvalue weighted by molar-refractivity contribution is 0.240. The Morgan fingerprint density at radius 2 is 2.10 bits per heavy atom. The Morgan fingerprint density at radius 3 is 2.86 bits per heavy atom. The second kappa shape index (κ2) is 7.78. The second-order valence-electron chi connectivity index (χ2n) is 5.12. The highest BCUT2D eigenvalue weighted by molar-refractivity contribution is 5.34. The third-order valence-electron chi connectivity index (χ3n) is 3.31.